The SMILES string of the molecule is CCCCOOc1ccc(OOC)cc1-c1ccc(COc2cccc(CCC(=O)O)c2)cc1C. The van der Waals surface area contributed by atoms with E-state index in [-0.39, 0.29) is 6.42 Å². The third-order valence-electron chi connectivity index (χ3n) is 5.37. The van der Waals surface area contributed by atoms with Crippen LogP contribution in [0.1, 0.15) is 42.9 Å². The fourth-order valence-corrected chi connectivity index (χ4v) is 3.58. The van der Waals surface area contributed by atoms with Crippen LogP contribution in [-0.2, 0) is 27.6 Å². The number of aliphatic carboxylic acids is 1. The summed E-state index contributed by atoms with van der Waals surface area (Å²) in [5.74, 6) is 1.04. The molecule has 0 aliphatic heterocycles. The van der Waals surface area contributed by atoms with Crippen molar-refractivity contribution < 1.29 is 34.2 Å². The number of unbranched alkanes of at least 4 members (excludes halogenated alkanes) is 1. The topological polar surface area (TPSA) is 83.5 Å². The maximum Gasteiger partial charge on any atom is 0.303 e. The Bertz CT molecular complexity index is 1110. The second-order valence-corrected chi connectivity index (χ2v) is 8.15. The molecule has 0 saturated heterocycles. The van der Waals surface area contributed by atoms with Crippen molar-refractivity contribution in [3.05, 3.63) is 77.4 Å². The molecule has 35 heavy (non-hydrogen) atoms. The first-order valence-corrected chi connectivity index (χ1v) is 11.7. The van der Waals surface area contributed by atoms with Crippen LogP contribution < -0.4 is 14.5 Å². The molecule has 0 fully saturated rings. The van der Waals surface area contributed by atoms with Crippen LogP contribution in [0.5, 0.6) is 17.2 Å². The summed E-state index contributed by atoms with van der Waals surface area (Å²) < 4.78 is 5.96. The number of carbonyl (C=O) groups is 1. The van der Waals surface area contributed by atoms with Crippen LogP contribution in [0.25, 0.3) is 11.1 Å². The van der Waals surface area contributed by atoms with Crippen molar-refractivity contribution in [2.24, 2.45) is 0 Å². The summed E-state index contributed by atoms with van der Waals surface area (Å²) in [6.07, 6.45) is 2.50. The number of hydrogen-bond acceptors (Lipinski definition) is 6. The first-order chi connectivity index (χ1) is 17.0. The first-order valence-electron chi connectivity index (χ1n) is 11.7. The van der Waals surface area contributed by atoms with Gasteiger partial charge in [-0.05, 0) is 72.4 Å². The van der Waals surface area contributed by atoms with E-state index in [0.29, 0.717) is 36.9 Å². The second kappa shape index (κ2) is 13.4. The fourth-order valence-electron chi connectivity index (χ4n) is 3.58. The van der Waals surface area contributed by atoms with Gasteiger partial charge in [0.15, 0.2) is 11.5 Å². The normalized spacial score (nSPS) is 10.7. The zero-order chi connectivity index (χ0) is 25.0. The average Bonchev–Trinajstić information content (AvgIpc) is 2.85. The van der Waals surface area contributed by atoms with Gasteiger partial charge in [-0.15, -0.1) is 0 Å². The number of rotatable bonds is 14. The van der Waals surface area contributed by atoms with Gasteiger partial charge < -0.3 is 19.6 Å². The largest absolute Gasteiger partial charge is 0.489 e. The van der Waals surface area contributed by atoms with E-state index in [2.05, 4.69) is 13.0 Å². The van der Waals surface area contributed by atoms with Gasteiger partial charge in [0.2, 0.25) is 0 Å². The smallest absolute Gasteiger partial charge is 0.303 e. The van der Waals surface area contributed by atoms with Crippen LogP contribution in [0, 0.1) is 6.92 Å². The van der Waals surface area contributed by atoms with E-state index >= 15 is 0 Å². The Morgan fingerprint density at radius 1 is 0.914 bits per heavy atom. The molecule has 1 N–H and O–H groups in total. The highest BCUT2D eigenvalue weighted by atomic mass is 17.2. The van der Waals surface area contributed by atoms with Crippen LogP contribution in [0.3, 0.4) is 0 Å². The summed E-state index contributed by atoms with van der Waals surface area (Å²) in [6, 6.07) is 19.0. The molecule has 0 aromatic heterocycles. The fraction of sp³-hybridized carbons (Fsp3) is 0.321. The third kappa shape index (κ3) is 8.02. The number of ether oxygens (including phenoxy) is 1. The van der Waals surface area contributed by atoms with Gasteiger partial charge in [-0.1, -0.05) is 43.7 Å². The van der Waals surface area contributed by atoms with E-state index in [9.17, 15) is 4.79 Å². The second-order valence-electron chi connectivity index (χ2n) is 8.15. The van der Waals surface area contributed by atoms with Gasteiger partial charge in [-0.3, -0.25) is 4.79 Å². The molecular weight excluding hydrogens is 448 g/mol. The Hall–Kier alpha value is -3.55. The Balaban J connectivity index is 1.74. The predicted molar refractivity (Wildman–Crippen MR) is 132 cm³/mol. The Morgan fingerprint density at radius 3 is 2.51 bits per heavy atom. The van der Waals surface area contributed by atoms with Crippen molar-refractivity contribution in [2.75, 3.05) is 13.7 Å². The molecule has 0 aliphatic rings. The van der Waals surface area contributed by atoms with Crippen molar-refractivity contribution in [1.29, 1.82) is 0 Å². The van der Waals surface area contributed by atoms with Crippen LogP contribution in [-0.4, -0.2) is 24.8 Å². The number of aryl methyl sites for hydroxylation is 2. The monoisotopic (exact) mass is 480 g/mol. The summed E-state index contributed by atoms with van der Waals surface area (Å²) in [5.41, 5.74) is 4.78. The van der Waals surface area contributed by atoms with E-state index in [1.54, 1.807) is 12.1 Å². The Kier molecular flexibility index (Phi) is 9.95. The molecule has 3 aromatic carbocycles. The summed E-state index contributed by atoms with van der Waals surface area (Å²) in [6.45, 7) is 5.02. The highest BCUT2D eigenvalue weighted by Crippen LogP contribution is 2.36. The third-order valence-corrected chi connectivity index (χ3v) is 5.37. The average molecular weight is 481 g/mol. The minimum Gasteiger partial charge on any atom is -0.489 e. The number of carboxylic acids is 1. The van der Waals surface area contributed by atoms with Crippen molar-refractivity contribution in [1.82, 2.24) is 0 Å². The first kappa shape index (κ1) is 26.1. The van der Waals surface area contributed by atoms with Crippen LogP contribution >= 0.6 is 0 Å². The standard InChI is InChI=1S/C28H32O7/c1-4-5-15-33-35-27-13-11-24(34-31-3)18-26(27)25-12-9-22(16-20(25)2)19-32-23-8-6-7-21(17-23)10-14-28(29)30/h6-9,11-13,16-18H,4-5,10,14-15,19H2,1-3H3,(H,29,30). The molecule has 0 spiro atoms. The molecule has 0 saturated carbocycles. The van der Waals surface area contributed by atoms with Gasteiger partial charge in [0.05, 0.1) is 13.7 Å². The Morgan fingerprint density at radius 2 is 1.77 bits per heavy atom. The van der Waals surface area contributed by atoms with Crippen molar-refractivity contribution in [3.63, 3.8) is 0 Å². The van der Waals surface area contributed by atoms with E-state index in [1.165, 1.54) is 7.11 Å². The predicted octanol–water partition coefficient (Wildman–Crippen LogP) is 6.31. The molecule has 7 nitrogen and oxygen atoms in total. The summed E-state index contributed by atoms with van der Waals surface area (Å²) in [7, 11) is 1.46. The quantitative estimate of drug-likeness (QED) is 0.164. The molecule has 0 atom stereocenters. The zero-order valence-electron chi connectivity index (χ0n) is 20.4. The van der Waals surface area contributed by atoms with Gasteiger partial charge >= 0.3 is 5.97 Å². The lowest BCUT2D eigenvalue weighted by molar-refractivity contribution is -0.207. The van der Waals surface area contributed by atoms with Crippen LogP contribution in [0.2, 0.25) is 0 Å². The molecule has 186 valence electrons. The molecule has 0 radical (unpaired) electrons. The van der Waals surface area contributed by atoms with Crippen LogP contribution in [0.4, 0.5) is 0 Å². The maximum atomic E-state index is 10.8. The van der Waals surface area contributed by atoms with Gasteiger partial charge in [-0.2, -0.15) is 9.78 Å². The molecule has 3 aromatic rings. The van der Waals surface area contributed by atoms with Crippen molar-refractivity contribution >= 4 is 5.97 Å². The highest BCUT2D eigenvalue weighted by Gasteiger charge is 2.13. The zero-order valence-corrected chi connectivity index (χ0v) is 20.4. The molecule has 0 heterocycles. The minimum atomic E-state index is -0.813. The summed E-state index contributed by atoms with van der Waals surface area (Å²) in [4.78, 5) is 31.8. The van der Waals surface area contributed by atoms with Crippen molar-refractivity contribution in [2.45, 2.75) is 46.1 Å². The van der Waals surface area contributed by atoms with Gasteiger partial charge in [0.25, 0.3) is 0 Å². The molecule has 3 rings (SSSR count). The Labute approximate surface area is 206 Å². The van der Waals surface area contributed by atoms with E-state index < -0.39 is 5.97 Å². The molecule has 0 aliphatic carbocycles. The van der Waals surface area contributed by atoms with Crippen LogP contribution in [0.15, 0.2) is 60.7 Å². The van der Waals surface area contributed by atoms with E-state index in [0.717, 1.165) is 40.7 Å². The summed E-state index contributed by atoms with van der Waals surface area (Å²) >= 11 is 0. The molecule has 0 unspecified atom stereocenters. The number of carboxylic acid groups (broad SMARTS) is 1. The lowest BCUT2D eigenvalue weighted by Crippen LogP contribution is -2.02. The van der Waals surface area contributed by atoms with E-state index in [4.69, 9.17) is 29.4 Å². The van der Waals surface area contributed by atoms with E-state index in [1.807, 2.05) is 49.4 Å². The lowest BCUT2D eigenvalue weighted by Gasteiger charge is -2.15. The summed E-state index contributed by atoms with van der Waals surface area (Å²) in [5, 5.41) is 8.89. The minimum absolute atomic E-state index is 0.0933. The number of benzene rings is 3. The maximum absolute atomic E-state index is 10.8. The van der Waals surface area contributed by atoms with Crippen molar-refractivity contribution in [3.8, 4) is 28.4 Å². The lowest BCUT2D eigenvalue weighted by atomic mass is 9.97. The van der Waals surface area contributed by atoms with Gasteiger partial charge in [0, 0.05) is 12.0 Å². The molecular formula is C28H32O7. The number of hydrogen-bond donors (Lipinski definition) is 1. The molecule has 7 heteroatoms. The van der Waals surface area contributed by atoms with Gasteiger partial charge in [-0.25, -0.2) is 0 Å². The molecule has 0 bridgehead atoms. The highest BCUT2D eigenvalue weighted by molar-refractivity contribution is 5.75. The van der Waals surface area contributed by atoms with Gasteiger partial charge in [0.1, 0.15) is 12.4 Å². The molecule has 0 amide bonds.